The largest absolute Gasteiger partial charge is 0.494 e. The summed E-state index contributed by atoms with van der Waals surface area (Å²) in [4.78, 5) is 11.1. The van der Waals surface area contributed by atoms with Crippen LogP contribution < -0.4 is 10.1 Å². The molecule has 0 fully saturated rings. The Bertz CT molecular complexity index is 628. The summed E-state index contributed by atoms with van der Waals surface area (Å²) in [6, 6.07) is 18.3. The number of amides is 1. The number of carbonyl (C=O) groups is 1. The molecule has 2 aromatic carbocycles. The van der Waals surface area contributed by atoms with Gasteiger partial charge in [0.05, 0.1) is 13.2 Å². The van der Waals surface area contributed by atoms with Crippen LogP contribution in [0.4, 0.5) is 0 Å². The van der Waals surface area contributed by atoms with Gasteiger partial charge in [-0.1, -0.05) is 42.5 Å². The lowest BCUT2D eigenvalue weighted by molar-refractivity contribution is -0.131. The summed E-state index contributed by atoms with van der Waals surface area (Å²) in [5, 5.41) is 11.8. The van der Waals surface area contributed by atoms with E-state index in [4.69, 9.17) is 9.47 Å². The maximum absolute atomic E-state index is 11.1. The number of carbonyl (C=O) groups excluding carboxylic acids is 1. The van der Waals surface area contributed by atoms with Gasteiger partial charge in [0.2, 0.25) is 0 Å². The van der Waals surface area contributed by atoms with E-state index in [-0.39, 0.29) is 6.61 Å². The Morgan fingerprint density at radius 1 is 1.00 bits per heavy atom. The highest BCUT2D eigenvalue weighted by Crippen LogP contribution is 2.22. The van der Waals surface area contributed by atoms with Crippen LogP contribution in [0.2, 0.25) is 0 Å². The summed E-state index contributed by atoms with van der Waals surface area (Å²) in [5.41, 5.74) is 2.35. The van der Waals surface area contributed by atoms with Gasteiger partial charge in [0.25, 0.3) is 5.91 Å². The van der Waals surface area contributed by atoms with Crippen molar-refractivity contribution in [2.45, 2.75) is 18.9 Å². The lowest BCUT2D eigenvalue weighted by atomic mass is 10.1. The van der Waals surface area contributed by atoms with Crippen molar-refractivity contribution in [2.24, 2.45) is 0 Å². The average molecular weight is 343 g/mol. The molecule has 0 heterocycles. The van der Waals surface area contributed by atoms with Crippen LogP contribution in [0.25, 0.3) is 11.1 Å². The Balaban J connectivity index is 1.60. The lowest BCUT2D eigenvalue weighted by Gasteiger charge is -2.10. The second kappa shape index (κ2) is 10.5. The van der Waals surface area contributed by atoms with Crippen LogP contribution in [0.1, 0.15) is 12.8 Å². The summed E-state index contributed by atoms with van der Waals surface area (Å²) in [5.74, 6) is 0.415. The van der Waals surface area contributed by atoms with Gasteiger partial charge in [-0.3, -0.25) is 4.79 Å². The number of aliphatic hydroxyl groups excluding tert-OH is 1. The van der Waals surface area contributed by atoms with Crippen LogP contribution in [0.5, 0.6) is 5.75 Å². The molecule has 1 unspecified atom stereocenters. The predicted octanol–water partition coefficient (Wildman–Crippen LogP) is 2.64. The summed E-state index contributed by atoms with van der Waals surface area (Å²) in [6.07, 6.45) is 0.545. The molecule has 0 aliphatic carbocycles. The minimum absolute atomic E-state index is 0.0154. The third kappa shape index (κ3) is 6.57. The molecule has 0 aliphatic heterocycles. The van der Waals surface area contributed by atoms with E-state index in [2.05, 4.69) is 17.4 Å². The highest BCUT2D eigenvalue weighted by molar-refractivity contribution is 5.80. The molecule has 0 bridgehead atoms. The van der Waals surface area contributed by atoms with Crippen LogP contribution in [0.15, 0.2) is 54.6 Å². The second-order valence-corrected chi connectivity index (χ2v) is 5.65. The van der Waals surface area contributed by atoms with E-state index in [9.17, 15) is 9.90 Å². The molecule has 0 aromatic heterocycles. The number of benzene rings is 2. The van der Waals surface area contributed by atoms with Gasteiger partial charge in [-0.15, -0.1) is 0 Å². The molecule has 2 N–H and O–H groups in total. The maximum Gasteiger partial charge on any atom is 0.250 e. The van der Waals surface area contributed by atoms with Crippen molar-refractivity contribution in [3.63, 3.8) is 0 Å². The monoisotopic (exact) mass is 343 g/mol. The van der Waals surface area contributed by atoms with Crippen molar-refractivity contribution in [2.75, 3.05) is 26.9 Å². The van der Waals surface area contributed by atoms with E-state index in [1.54, 1.807) is 0 Å². The molecule has 0 aliphatic rings. The predicted molar refractivity (Wildman–Crippen MR) is 97.5 cm³/mol. The van der Waals surface area contributed by atoms with Crippen molar-refractivity contribution in [3.8, 4) is 16.9 Å². The van der Waals surface area contributed by atoms with Crippen LogP contribution in [0, 0.1) is 0 Å². The van der Waals surface area contributed by atoms with Gasteiger partial charge in [0.15, 0.2) is 6.10 Å². The molecule has 2 aromatic rings. The SMILES string of the molecule is CNC(=O)C(O)COCCCCOc1ccc(-c2ccccc2)cc1. The zero-order chi connectivity index (χ0) is 17.9. The molecule has 0 saturated heterocycles. The first kappa shape index (κ1) is 19.0. The quantitative estimate of drug-likeness (QED) is 0.651. The van der Waals surface area contributed by atoms with Gasteiger partial charge in [-0.25, -0.2) is 0 Å². The van der Waals surface area contributed by atoms with Gasteiger partial charge in [-0.05, 0) is 36.1 Å². The van der Waals surface area contributed by atoms with Gasteiger partial charge in [0, 0.05) is 13.7 Å². The maximum atomic E-state index is 11.1. The molecule has 5 heteroatoms. The third-order valence-corrected chi connectivity index (χ3v) is 3.74. The van der Waals surface area contributed by atoms with Crippen molar-refractivity contribution < 1.29 is 19.4 Å². The average Bonchev–Trinajstić information content (AvgIpc) is 2.67. The zero-order valence-corrected chi connectivity index (χ0v) is 14.5. The molecular formula is C20H25NO4. The number of unbranched alkanes of at least 4 members (excludes halogenated alkanes) is 1. The molecule has 134 valence electrons. The summed E-state index contributed by atoms with van der Waals surface area (Å²) < 4.78 is 11.0. The smallest absolute Gasteiger partial charge is 0.250 e. The molecule has 0 saturated carbocycles. The highest BCUT2D eigenvalue weighted by atomic mass is 16.5. The van der Waals surface area contributed by atoms with Crippen LogP contribution >= 0.6 is 0 Å². The first-order valence-corrected chi connectivity index (χ1v) is 8.46. The molecule has 0 radical (unpaired) electrons. The highest BCUT2D eigenvalue weighted by Gasteiger charge is 2.12. The first-order valence-electron chi connectivity index (χ1n) is 8.46. The van der Waals surface area contributed by atoms with Gasteiger partial charge >= 0.3 is 0 Å². The number of ether oxygens (including phenoxy) is 2. The lowest BCUT2D eigenvalue weighted by Crippen LogP contribution is -2.35. The Kier molecular flexibility index (Phi) is 7.95. The number of hydrogen-bond acceptors (Lipinski definition) is 4. The Hall–Kier alpha value is -2.37. The Labute approximate surface area is 148 Å². The minimum atomic E-state index is -1.11. The summed E-state index contributed by atoms with van der Waals surface area (Å²) in [7, 11) is 1.48. The number of rotatable bonds is 10. The Morgan fingerprint density at radius 3 is 2.32 bits per heavy atom. The molecular weight excluding hydrogens is 318 g/mol. The molecule has 1 amide bonds. The fourth-order valence-corrected chi connectivity index (χ4v) is 2.31. The standard InChI is InChI=1S/C20H25NO4/c1-21-20(23)19(22)15-24-13-5-6-14-25-18-11-9-17(10-12-18)16-7-3-2-4-8-16/h2-4,7-12,19,22H,5-6,13-15H2,1H3,(H,21,23). The number of aliphatic hydroxyl groups is 1. The summed E-state index contributed by atoms with van der Waals surface area (Å²) >= 11 is 0. The fourth-order valence-electron chi connectivity index (χ4n) is 2.31. The molecule has 5 nitrogen and oxygen atoms in total. The van der Waals surface area contributed by atoms with Crippen molar-refractivity contribution >= 4 is 5.91 Å². The van der Waals surface area contributed by atoms with Crippen molar-refractivity contribution in [3.05, 3.63) is 54.6 Å². The first-order chi connectivity index (χ1) is 12.2. The van der Waals surface area contributed by atoms with Crippen LogP contribution in [0.3, 0.4) is 0 Å². The van der Waals surface area contributed by atoms with E-state index < -0.39 is 12.0 Å². The van der Waals surface area contributed by atoms with Gasteiger partial charge in [0.1, 0.15) is 5.75 Å². The van der Waals surface area contributed by atoms with Crippen molar-refractivity contribution in [1.29, 1.82) is 0 Å². The normalized spacial score (nSPS) is 11.8. The third-order valence-electron chi connectivity index (χ3n) is 3.74. The number of nitrogens with one attached hydrogen (secondary N) is 1. The number of hydrogen-bond donors (Lipinski definition) is 2. The molecule has 25 heavy (non-hydrogen) atoms. The summed E-state index contributed by atoms with van der Waals surface area (Å²) in [6.45, 7) is 1.11. The van der Waals surface area contributed by atoms with E-state index in [1.807, 2.05) is 42.5 Å². The fraction of sp³-hybridized carbons (Fsp3) is 0.350. The van der Waals surface area contributed by atoms with Gasteiger partial charge < -0.3 is 19.9 Å². The molecule has 0 spiro atoms. The van der Waals surface area contributed by atoms with E-state index in [0.29, 0.717) is 13.2 Å². The van der Waals surface area contributed by atoms with Crippen molar-refractivity contribution in [1.82, 2.24) is 5.32 Å². The minimum Gasteiger partial charge on any atom is -0.494 e. The zero-order valence-electron chi connectivity index (χ0n) is 14.5. The Morgan fingerprint density at radius 2 is 1.64 bits per heavy atom. The number of likely N-dealkylation sites (N-methyl/N-ethyl adjacent to an activating group) is 1. The molecule has 1 atom stereocenters. The second-order valence-electron chi connectivity index (χ2n) is 5.65. The van der Waals surface area contributed by atoms with E-state index >= 15 is 0 Å². The van der Waals surface area contributed by atoms with E-state index in [1.165, 1.54) is 12.6 Å². The van der Waals surface area contributed by atoms with Crippen LogP contribution in [-0.4, -0.2) is 44.0 Å². The van der Waals surface area contributed by atoms with Gasteiger partial charge in [-0.2, -0.15) is 0 Å². The molecule has 2 rings (SSSR count). The van der Waals surface area contributed by atoms with E-state index in [0.717, 1.165) is 24.2 Å². The van der Waals surface area contributed by atoms with Crippen LogP contribution in [-0.2, 0) is 9.53 Å². The topological polar surface area (TPSA) is 67.8 Å².